The first-order chi connectivity index (χ1) is 32.0. The Bertz CT molecular complexity index is 2520. The Morgan fingerprint density at radius 2 is 1.90 bits per heavy atom. The summed E-state index contributed by atoms with van der Waals surface area (Å²) in [6, 6.07) is 7.19. The molecule has 0 saturated carbocycles. The van der Waals surface area contributed by atoms with Gasteiger partial charge in [-0.3, -0.25) is 34.1 Å². The molecule has 18 heteroatoms. The van der Waals surface area contributed by atoms with E-state index in [2.05, 4.69) is 60.3 Å². The highest BCUT2D eigenvalue weighted by molar-refractivity contribution is 7.10. The van der Waals surface area contributed by atoms with Gasteiger partial charge in [0.15, 0.2) is 0 Å². The molecule has 7 heterocycles. The van der Waals surface area contributed by atoms with Crippen molar-refractivity contribution >= 4 is 52.0 Å². The maximum atomic E-state index is 14.7. The number of aromatic nitrogens is 3. The molecule has 8 rings (SSSR count). The van der Waals surface area contributed by atoms with Crippen LogP contribution in [0.5, 0.6) is 0 Å². The number of urea groups is 1. The lowest BCUT2D eigenvalue weighted by atomic mass is 9.84. The second kappa shape index (κ2) is 19.7. The number of hydrazine groups is 1. The molecule has 360 valence electrons. The number of carbonyl (C=O) groups is 5. The molecule has 3 aromatic heterocycles. The third-order valence-corrected chi connectivity index (χ3v) is 14.6. The second-order valence-corrected chi connectivity index (χ2v) is 20.7. The predicted molar refractivity (Wildman–Crippen MR) is 256 cm³/mol. The Labute approximate surface area is 397 Å². The third-order valence-electron chi connectivity index (χ3n) is 13.8. The fourth-order valence-corrected chi connectivity index (χ4v) is 11.2. The molecule has 67 heavy (non-hydrogen) atoms. The molecule has 2 N–H and O–H groups in total. The molecular weight excluding hydrogens is 873 g/mol. The van der Waals surface area contributed by atoms with E-state index in [0.717, 1.165) is 44.7 Å². The van der Waals surface area contributed by atoms with E-state index in [1.807, 2.05) is 49.1 Å². The van der Waals surface area contributed by atoms with E-state index < -0.39 is 41.3 Å². The van der Waals surface area contributed by atoms with Gasteiger partial charge in [-0.15, -0.1) is 11.3 Å². The smallest absolute Gasteiger partial charge is 0.324 e. The van der Waals surface area contributed by atoms with Gasteiger partial charge in [0.05, 0.1) is 47.4 Å². The van der Waals surface area contributed by atoms with Crippen LogP contribution in [-0.2, 0) is 48.0 Å². The van der Waals surface area contributed by atoms with Crippen LogP contribution in [0.1, 0.15) is 76.8 Å². The summed E-state index contributed by atoms with van der Waals surface area (Å²) in [5.41, 5.74) is 9.29. The molecule has 1 unspecified atom stereocenters. The SMILES string of the molecule is CCn1c(-c2cccnc2[C@H](C)OC)c2c3cc(ccc31)-c1csc(n1)C[C@H](NC(=O)C(C(C)C)N(C)C(=O)N1CCN3C(=O)CN(C)C[C@@H]3C1)C(=O)N1CCC[C@H](N1)C(=O)OCC(C)(C)C2. The molecule has 4 aliphatic rings. The Morgan fingerprint density at radius 1 is 1.10 bits per heavy atom. The van der Waals surface area contributed by atoms with Crippen LogP contribution in [0.4, 0.5) is 4.79 Å². The van der Waals surface area contributed by atoms with E-state index in [4.69, 9.17) is 19.4 Å². The average molecular weight is 939 g/mol. The number of benzene rings is 1. The summed E-state index contributed by atoms with van der Waals surface area (Å²) < 4.78 is 14.3. The van der Waals surface area contributed by atoms with Gasteiger partial charge in [0, 0.05) is 98.9 Å². The number of likely N-dealkylation sites (N-methyl/N-ethyl adjacent to an activating group) is 2. The fourth-order valence-electron chi connectivity index (χ4n) is 10.3. The quantitative estimate of drug-likeness (QED) is 0.234. The van der Waals surface area contributed by atoms with Crippen LogP contribution in [-0.4, -0.2) is 160 Å². The minimum Gasteiger partial charge on any atom is -0.464 e. The summed E-state index contributed by atoms with van der Waals surface area (Å²) in [4.78, 5) is 87.0. The standard InChI is InChI=1S/C49H66N10O7S/c1-10-57-39-16-15-31-21-34(39)35(44(57)33-13-11-17-50-42(33)30(4)65-9)23-49(5,6)28-66-47(63)36-14-12-18-59(53-36)46(62)37(22-40-51-38(31)27-67-40)52-45(61)43(29(2)3)55(8)48(64)56-19-20-58-32(25-56)24-54(7)26-41(58)60/h11,13,15-17,21,27,29-30,32,36-37,43,53H,10,12,14,18-20,22-26,28H2,1-9H3,(H,52,61)/t30-,32+,36-,37-,43?/m0/s1. The summed E-state index contributed by atoms with van der Waals surface area (Å²) in [5.74, 6) is -1.61. The van der Waals surface area contributed by atoms with Crippen LogP contribution < -0.4 is 10.7 Å². The highest BCUT2D eigenvalue weighted by Gasteiger charge is 2.42. The highest BCUT2D eigenvalue weighted by Crippen LogP contribution is 2.42. The Morgan fingerprint density at radius 3 is 2.64 bits per heavy atom. The number of thiazole rings is 1. The Hall–Kier alpha value is -5.43. The van der Waals surface area contributed by atoms with E-state index in [0.29, 0.717) is 70.1 Å². The summed E-state index contributed by atoms with van der Waals surface area (Å²) >= 11 is 1.41. The number of cyclic esters (lactones) is 1. The number of hydrogen-bond acceptors (Lipinski definition) is 12. The van der Waals surface area contributed by atoms with Crippen LogP contribution >= 0.6 is 11.3 Å². The predicted octanol–water partition coefficient (Wildman–Crippen LogP) is 4.74. The average Bonchev–Trinajstić information content (AvgIpc) is 3.90. The molecule has 0 spiro atoms. The first kappa shape index (κ1) is 48.0. The molecule has 5 amide bonds. The summed E-state index contributed by atoms with van der Waals surface area (Å²) in [6.45, 7) is 15.4. The lowest BCUT2D eigenvalue weighted by molar-refractivity contribution is -0.155. The van der Waals surface area contributed by atoms with Crippen molar-refractivity contribution in [3.8, 4) is 22.5 Å². The van der Waals surface area contributed by atoms with Gasteiger partial charge in [0.25, 0.3) is 5.91 Å². The van der Waals surface area contributed by atoms with Crippen molar-refractivity contribution < 1.29 is 33.4 Å². The first-order valence-corrected chi connectivity index (χ1v) is 24.5. The number of methoxy groups -OCH3 is 1. The van der Waals surface area contributed by atoms with Crippen LogP contribution in [0.15, 0.2) is 41.9 Å². The highest BCUT2D eigenvalue weighted by atomic mass is 32.1. The summed E-state index contributed by atoms with van der Waals surface area (Å²) in [6.07, 6.45) is 3.20. The Kier molecular flexibility index (Phi) is 14.1. The molecule has 3 saturated heterocycles. The number of fused-ring (bicyclic) bond motifs is 7. The summed E-state index contributed by atoms with van der Waals surface area (Å²) in [7, 11) is 5.20. The lowest BCUT2D eigenvalue weighted by Gasteiger charge is -2.47. The molecule has 5 atom stereocenters. The van der Waals surface area contributed by atoms with Crippen molar-refractivity contribution in [2.75, 3.05) is 67.1 Å². The van der Waals surface area contributed by atoms with Crippen molar-refractivity contribution in [3.63, 3.8) is 0 Å². The van der Waals surface area contributed by atoms with Crippen LogP contribution in [0.25, 0.3) is 33.4 Å². The zero-order chi connectivity index (χ0) is 47.9. The topological polar surface area (TPSA) is 175 Å². The van der Waals surface area contributed by atoms with E-state index >= 15 is 0 Å². The molecule has 4 aromatic rings. The maximum absolute atomic E-state index is 14.7. The van der Waals surface area contributed by atoms with Gasteiger partial charge in [0.1, 0.15) is 18.1 Å². The molecule has 6 bridgehead atoms. The molecule has 0 radical (unpaired) electrons. The van der Waals surface area contributed by atoms with Gasteiger partial charge < -0.3 is 34.1 Å². The largest absolute Gasteiger partial charge is 0.464 e. The number of esters is 1. The zero-order valence-corrected chi connectivity index (χ0v) is 41.2. The van der Waals surface area contributed by atoms with E-state index in [-0.39, 0.29) is 43.0 Å². The normalized spacial score (nSPS) is 22.6. The van der Waals surface area contributed by atoms with Gasteiger partial charge in [-0.05, 0) is 75.9 Å². The maximum Gasteiger partial charge on any atom is 0.324 e. The number of carbonyl (C=O) groups excluding carboxylic acids is 5. The van der Waals surface area contributed by atoms with Gasteiger partial charge in [-0.1, -0.05) is 33.8 Å². The minimum absolute atomic E-state index is 0.0512. The molecule has 1 aromatic carbocycles. The molecule has 17 nitrogen and oxygen atoms in total. The van der Waals surface area contributed by atoms with Crippen molar-refractivity contribution in [2.24, 2.45) is 11.3 Å². The van der Waals surface area contributed by atoms with Crippen LogP contribution in [0.2, 0.25) is 0 Å². The number of nitrogens with one attached hydrogen (secondary N) is 2. The second-order valence-electron chi connectivity index (χ2n) is 19.7. The molecule has 3 fully saturated rings. The van der Waals surface area contributed by atoms with Crippen molar-refractivity contribution in [2.45, 2.75) is 104 Å². The lowest BCUT2D eigenvalue weighted by Crippen LogP contribution is -2.66. The van der Waals surface area contributed by atoms with Crippen molar-refractivity contribution in [1.82, 2.24) is 49.9 Å². The monoisotopic (exact) mass is 938 g/mol. The number of amides is 5. The molecular formula is C49H66N10O7S. The molecule has 4 aliphatic heterocycles. The number of ether oxygens (including phenoxy) is 2. The number of nitrogens with zero attached hydrogens (tertiary/aromatic N) is 8. The van der Waals surface area contributed by atoms with Gasteiger partial charge in [-0.2, -0.15) is 0 Å². The fraction of sp³-hybridized carbons (Fsp3) is 0.571. The Balaban J connectivity index is 1.14. The number of hydrogen-bond donors (Lipinski definition) is 2. The van der Waals surface area contributed by atoms with E-state index in [1.54, 1.807) is 25.3 Å². The number of rotatable bonds is 8. The number of pyridine rings is 1. The van der Waals surface area contributed by atoms with Crippen LogP contribution in [0, 0.1) is 11.3 Å². The van der Waals surface area contributed by atoms with Gasteiger partial charge >= 0.3 is 12.0 Å². The van der Waals surface area contributed by atoms with E-state index in [1.165, 1.54) is 21.2 Å². The zero-order valence-electron chi connectivity index (χ0n) is 40.3. The number of piperazine rings is 2. The molecule has 0 aliphatic carbocycles. The number of aryl methyl sites for hydroxylation is 1. The first-order valence-electron chi connectivity index (χ1n) is 23.6. The van der Waals surface area contributed by atoms with E-state index in [9.17, 15) is 24.0 Å². The van der Waals surface area contributed by atoms with Crippen molar-refractivity contribution in [3.05, 3.63) is 58.2 Å². The third kappa shape index (κ3) is 9.81. The van der Waals surface area contributed by atoms with Gasteiger partial charge in [-0.25, -0.2) is 15.2 Å². The summed E-state index contributed by atoms with van der Waals surface area (Å²) in [5, 5.41) is 8.15. The minimum atomic E-state index is -1.08. The van der Waals surface area contributed by atoms with Crippen LogP contribution in [0.3, 0.4) is 0 Å². The van der Waals surface area contributed by atoms with Crippen molar-refractivity contribution in [1.29, 1.82) is 0 Å². The van der Waals surface area contributed by atoms with Gasteiger partial charge in [0.2, 0.25) is 11.8 Å².